The molecule has 0 atom stereocenters. The van der Waals surface area contributed by atoms with E-state index in [0.29, 0.717) is 19.1 Å². The Labute approximate surface area is 245 Å². The Kier molecular flexibility index (Phi) is 9.05. The normalized spacial score (nSPS) is 14.0. The predicted octanol–water partition coefficient (Wildman–Crippen LogP) is 7.19. The van der Waals surface area contributed by atoms with Crippen LogP contribution < -0.4 is 9.64 Å². The van der Waals surface area contributed by atoms with Crippen molar-refractivity contribution in [3.63, 3.8) is 0 Å². The molecule has 1 heterocycles. The summed E-state index contributed by atoms with van der Waals surface area (Å²) < 4.78 is 32.8. The van der Waals surface area contributed by atoms with Crippen LogP contribution in [-0.2, 0) is 27.5 Å². The Balaban J connectivity index is 1.13. The fraction of sp³-hybridized carbons (Fsp3) is 0.312. The van der Waals surface area contributed by atoms with Gasteiger partial charge < -0.3 is 13.8 Å². The lowest BCUT2D eigenvalue weighted by Gasteiger charge is -2.22. The van der Waals surface area contributed by atoms with Crippen LogP contribution >= 0.6 is 11.3 Å². The van der Waals surface area contributed by atoms with Crippen molar-refractivity contribution in [3.05, 3.63) is 100 Å². The molecule has 3 aromatic carbocycles. The van der Waals surface area contributed by atoms with Crippen molar-refractivity contribution in [2.24, 2.45) is 0 Å². The van der Waals surface area contributed by atoms with E-state index >= 15 is 0 Å². The first-order valence-corrected chi connectivity index (χ1v) is 16.4. The van der Waals surface area contributed by atoms with Crippen LogP contribution in [0.2, 0.25) is 0 Å². The van der Waals surface area contributed by atoms with Gasteiger partial charge >= 0.3 is 16.1 Å². The minimum atomic E-state index is -3.85. The molecule has 1 aromatic heterocycles. The highest BCUT2D eigenvalue weighted by molar-refractivity contribution is 7.86. The van der Waals surface area contributed by atoms with Gasteiger partial charge in [-0.05, 0) is 71.8 Å². The van der Waals surface area contributed by atoms with Gasteiger partial charge in [0, 0.05) is 24.5 Å². The molecule has 214 valence electrons. The first-order chi connectivity index (χ1) is 19.7. The summed E-state index contributed by atoms with van der Waals surface area (Å²) in [6.07, 6.45) is 7.52. The lowest BCUT2D eigenvalue weighted by molar-refractivity contribution is 0.0748. The molecule has 0 saturated heterocycles. The van der Waals surface area contributed by atoms with E-state index in [0.717, 1.165) is 34.0 Å². The van der Waals surface area contributed by atoms with E-state index in [9.17, 15) is 13.2 Å². The summed E-state index contributed by atoms with van der Waals surface area (Å²) in [6.45, 7) is 1.11. The summed E-state index contributed by atoms with van der Waals surface area (Å²) in [5.74, 6) is 0.644. The van der Waals surface area contributed by atoms with Crippen molar-refractivity contribution in [1.29, 1.82) is 0 Å². The third kappa shape index (κ3) is 7.95. The highest BCUT2D eigenvalue weighted by Crippen LogP contribution is 2.33. The van der Waals surface area contributed by atoms with E-state index in [2.05, 4.69) is 28.4 Å². The van der Waals surface area contributed by atoms with Gasteiger partial charge in [-0.2, -0.15) is 8.42 Å². The number of anilines is 1. The van der Waals surface area contributed by atoms with Crippen LogP contribution in [-0.4, -0.2) is 32.7 Å². The summed E-state index contributed by atoms with van der Waals surface area (Å²) in [5, 5.41) is 2.89. The molecule has 0 spiro atoms. The fourth-order valence-electron chi connectivity index (χ4n) is 5.06. The Hall–Kier alpha value is -3.69. The molecule has 0 bridgehead atoms. The van der Waals surface area contributed by atoms with Gasteiger partial charge in [-0.15, -0.1) is 11.3 Å². The highest BCUT2D eigenvalue weighted by Gasteiger charge is 2.16. The van der Waals surface area contributed by atoms with Crippen molar-refractivity contribution in [1.82, 2.24) is 4.98 Å². The topological polar surface area (TPSA) is 85.8 Å². The zero-order valence-electron chi connectivity index (χ0n) is 23.3. The van der Waals surface area contributed by atoms with Gasteiger partial charge in [0.15, 0.2) is 5.13 Å². The Morgan fingerprint density at radius 3 is 2.24 bits per heavy atom. The molecule has 1 aliphatic rings. The van der Waals surface area contributed by atoms with E-state index in [1.165, 1.54) is 43.2 Å². The second-order valence-corrected chi connectivity index (χ2v) is 12.9. The lowest BCUT2D eigenvalue weighted by atomic mass is 9.84. The number of benzene rings is 3. The Morgan fingerprint density at radius 2 is 1.59 bits per heavy atom. The molecule has 0 aliphatic heterocycles. The van der Waals surface area contributed by atoms with Gasteiger partial charge in [0.25, 0.3) is 0 Å². The number of ether oxygens (including phenoxy) is 1. The quantitative estimate of drug-likeness (QED) is 0.181. The highest BCUT2D eigenvalue weighted by atomic mass is 32.2. The number of carbonyl (C=O) groups excluding carboxylic acids is 1. The maximum Gasteiger partial charge on any atom is 0.353 e. The van der Waals surface area contributed by atoms with E-state index in [1.54, 1.807) is 35.6 Å². The van der Waals surface area contributed by atoms with Gasteiger partial charge in [-0.25, -0.2) is 9.78 Å². The van der Waals surface area contributed by atoms with Crippen LogP contribution in [0.1, 0.15) is 65.1 Å². The van der Waals surface area contributed by atoms with Crippen molar-refractivity contribution < 1.29 is 22.1 Å². The molecule has 4 aromatic rings. The third-order valence-electron chi connectivity index (χ3n) is 7.27. The van der Waals surface area contributed by atoms with Crippen molar-refractivity contribution in [3.8, 4) is 17.0 Å². The van der Waals surface area contributed by atoms with Crippen molar-refractivity contribution in [2.75, 3.05) is 18.2 Å². The largest absolute Gasteiger partial charge is 0.489 e. The van der Waals surface area contributed by atoms with Crippen LogP contribution in [0, 0.1) is 0 Å². The average Bonchev–Trinajstić information content (AvgIpc) is 3.47. The number of thiazole rings is 1. The van der Waals surface area contributed by atoms with Crippen LogP contribution in [0.3, 0.4) is 0 Å². The summed E-state index contributed by atoms with van der Waals surface area (Å²) in [4.78, 5) is 18.7. The molecule has 0 amide bonds. The van der Waals surface area contributed by atoms with Gasteiger partial charge in [-0.1, -0.05) is 55.7 Å². The van der Waals surface area contributed by atoms with Crippen LogP contribution in [0.25, 0.3) is 11.3 Å². The maximum absolute atomic E-state index is 11.9. The predicted molar refractivity (Wildman–Crippen MR) is 163 cm³/mol. The van der Waals surface area contributed by atoms with E-state index < -0.39 is 16.1 Å². The smallest absolute Gasteiger partial charge is 0.353 e. The second kappa shape index (κ2) is 12.9. The van der Waals surface area contributed by atoms with E-state index in [1.807, 2.05) is 41.6 Å². The second-order valence-electron chi connectivity index (χ2n) is 10.5. The van der Waals surface area contributed by atoms with Crippen LogP contribution in [0.5, 0.6) is 5.75 Å². The molecule has 0 N–H and O–H groups in total. The summed E-state index contributed by atoms with van der Waals surface area (Å²) in [7, 11) is -1.90. The summed E-state index contributed by atoms with van der Waals surface area (Å²) in [6, 6.07) is 23.6. The molecular weight excluding hydrogens is 556 g/mol. The van der Waals surface area contributed by atoms with E-state index in [4.69, 9.17) is 9.72 Å². The van der Waals surface area contributed by atoms with Gasteiger partial charge in [0.05, 0.1) is 17.5 Å². The molecule has 1 aliphatic carbocycles. The Morgan fingerprint density at radius 1 is 0.927 bits per heavy atom. The minimum absolute atomic E-state index is 0.179. The average molecular weight is 591 g/mol. The fourth-order valence-corrected chi connectivity index (χ4v) is 6.23. The minimum Gasteiger partial charge on any atom is -0.489 e. The third-order valence-corrected chi connectivity index (χ3v) is 8.68. The number of nitrogens with zero attached hydrogens (tertiary/aromatic N) is 2. The first-order valence-electron chi connectivity index (χ1n) is 13.7. The van der Waals surface area contributed by atoms with Gasteiger partial charge in [0.2, 0.25) is 0 Å². The van der Waals surface area contributed by atoms with Crippen molar-refractivity contribution >= 4 is 32.6 Å². The van der Waals surface area contributed by atoms with E-state index in [-0.39, 0.29) is 5.56 Å². The van der Waals surface area contributed by atoms with Gasteiger partial charge in [0.1, 0.15) is 12.4 Å². The zero-order valence-corrected chi connectivity index (χ0v) is 24.9. The summed E-state index contributed by atoms with van der Waals surface area (Å²) >= 11 is 1.55. The Bertz CT molecular complexity index is 1560. The lowest BCUT2D eigenvalue weighted by Crippen LogP contribution is -2.16. The molecular formula is C32H34N2O5S2. The van der Waals surface area contributed by atoms with Gasteiger partial charge in [-0.3, -0.25) is 0 Å². The molecule has 9 heteroatoms. The monoisotopic (exact) mass is 590 g/mol. The first kappa shape index (κ1) is 28.8. The number of hydrogen-bond donors (Lipinski definition) is 0. The van der Waals surface area contributed by atoms with Crippen LogP contribution in [0.4, 0.5) is 5.13 Å². The maximum atomic E-state index is 11.9. The standard InChI is InChI=1S/C32H34N2O5S2/c1-34(20-23-8-14-28(15-9-23)31(35)39-41(2,36)37)32-33-30(22-40-32)27-16-18-29(19-17-27)38-21-24-10-12-26(13-11-24)25-6-4-3-5-7-25/h8-19,22,25H,3-7,20-21H2,1-2H3. The van der Waals surface area contributed by atoms with Crippen LogP contribution in [0.15, 0.2) is 78.2 Å². The number of hydrogen-bond acceptors (Lipinski definition) is 8. The molecule has 0 radical (unpaired) electrons. The molecule has 41 heavy (non-hydrogen) atoms. The molecule has 1 saturated carbocycles. The van der Waals surface area contributed by atoms with Crippen molar-refractivity contribution in [2.45, 2.75) is 51.2 Å². The number of carbonyl (C=O) groups is 1. The summed E-state index contributed by atoms with van der Waals surface area (Å²) in [5.41, 5.74) is 5.66. The SMILES string of the molecule is CN(Cc1ccc(C(=O)OS(C)(=O)=O)cc1)c1nc(-c2ccc(OCc3ccc(C4CCCCC4)cc3)cc2)cs1. The molecule has 7 nitrogen and oxygen atoms in total. The molecule has 1 fully saturated rings. The number of aromatic nitrogens is 1. The zero-order chi connectivity index (χ0) is 28.8. The molecule has 5 rings (SSSR count). The number of rotatable bonds is 10. The molecule has 0 unspecified atom stereocenters.